The molecule has 0 amide bonds. The lowest BCUT2D eigenvalue weighted by molar-refractivity contribution is 0.00876. The summed E-state index contributed by atoms with van der Waals surface area (Å²) in [6.07, 6.45) is 5.40. The number of ether oxygens (including phenoxy) is 3. The molecule has 5 fully saturated rings. The lowest BCUT2D eigenvalue weighted by Crippen LogP contribution is -2.53. The monoisotopic (exact) mass is 844 g/mol. The van der Waals surface area contributed by atoms with E-state index >= 15 is 8.78 Å². The Balaban J connectivity index is 1.01. The van der Waals surface area contributed by atoms with Gasteiger partial charge in [0.2, 0.25) is 10.9 Å². The number of anilines is 2. The van der Waals surface area contributed by atoms with Gasteiger partial charge in [-0.05, 0) is 85.6 Å². The third-order valence-corrected chi connectivity index (χ3v) is 14.0. The molecule has 326 valence electrons. The topological polar surface area (TPSA) is 148 Å². The molecule has 5 aliphatic rings. The number of carbonyl (C=O) groups excluding carboxylic acids is 1. The second-order valence-corrected chi connectivity index (χ2v) is 17.7. The quantitative estimate of drug-likeness (QED) is 0.188. The fraction of sp³-hybridized carbons (Fsp3) is 0.556. The Morgan fingerprint density at radius 1 is 0.754 bits per heavy atom. The van der Waals surface area contributed by atoms with Gasteiger partial charge in [0, 0.05) is 79.4 Å². The molecule has 0 radical (unpaired) electrons. The van der Waals surface area contributed by atoms with Crippen LogP contribution in [0.1, 0.15) is 101 Å². The van der Waals surface area contributed by atoms with Crippen LogP contribution in [0.3, 0.4) is 0 Å². The van der Waals surface area contributed by atoms with E-state index in [9.17, 15) is 24.3 Å². The predicted molar refractivity (Wildman–Crippen MR) is 227 cm³/mol. The number of nitrogens with one attached hydrogen (secondary N) is 1. The molecule has 3 atom stereocenters. The fourth-order valence-electron chi connectivity index (χ4n) is 10.6. The Bertz CT molecular complexity index is 2640. The van der Waals surface area contributed by atoms with E-state index in [1.807, 2.05) is 30.8 Å². The Labute approximate surface area is 351 Å². The van der Waals surface area contributed by atoms with Crippen LogP contribution < -0.4 is 35.4 Å². The van der Waals surface area contributed by atoms with Gasteiger partial charge in [-0.15, -0.1) is 0 Å². The number of carboxylic acid groups (broad SMARTS) is 1. The molecule has 5 heterocycles. The minimum absolute atomic E-state index is 0.00486. The molecule has 61 heavy (non-hydrogen) atoms. The number of hydrogen-bond donors (Lipinski definition) is 2. The zero-order valence-electron chi connectivity index (χ0n) is 35.9. The number of methoxy groups -OCH3 is 2. The maximum absolute atomic E-state index is 16.7. The number of aryl methyl sites for hydroxylation is 2. The van der Waals surface area contributed by atoms with E-state index < -0.39 is 34.4 Å². The summed E-state index contributed by atoms with van der Waals surface area (Å²) in [6, 6.07) is -0.0517. The summed E-state index contributed by atoms with van der Waals surface area (Å²) in [4.78, 5) is 60.3. The second kappa shape index (κ2) is 15.3. The Hall–Kier alpha value is -5.22. The van der Waals surface area contributed by atoms with Gasteiger partial charge < -0.3 is 43.6 Å². The first-order valence-corrected chi connectivity index (χ1v) is 21.5. The number of pyridine rings is 2. The summed E-state index contributed by atoms with van der Waals surface area (Å²) in [7, 11) is 2.92. The van der Waals surface area contributed by atoms with Crippen LogP contribution >= 0.6 is 0 Å². The molecule has 16 heteroatoms. The number of nitrogens with zero attached hydrogens (tertiary/aromatic N) is 5. The van der Waals surface area contributed by atoms with Crippen molar-refractivity contribution in [1.29, 1.82) is 0 Å². The number of aromatic nitrogens is 2. The van der Waals surface area contributed by atoms with Gasteiger partial charge in [0.15, 0.2) is 23.1 Å². The number of piperidine rings is 1. The van der Waals surface area contributed by atoms with Crippen LogP contribution in [0.4, 0.5) is 20.2 Å². The van der Waals surface area contributed by atoms with E-state index in [0.717, 1.165) is 45.1 Å². The summed E-state index contributed by atoms with van der Waals surface area (Å²) >= 11 is 0. The second-order valence-electron chi connectivity index (χ2n) is 17.7. The number of aromatic carboxylic acids is 1. The lowest BCUT2D eigenvalue weighted by atomic mass is 9.94. The number of carboxylic acids is 1. The first-order chi connectivity index (χ1) is 29.2. The molecule has 3 unspecified atom stereocenters. The molecule has 3 aliphatic heterocycles. The van der Waals surface area contributed by atoms with Crippen molar-refractivity contribution in [1.82, 2.24) is 19.4 Å². The predicted octanol–water partition coefficient (Wildman–Crippen LogP) is 5.73. The van der Waals surface area contributed by atoms with Gasteiger partial charge in [0.25, 0.3) is 0 Å². The van der Waals surface area contributed by atoms with Gasteiger partial charge in [-0.3, -0.25) is 14.5 Å². The van der Waals surface area contributed by atoms with Crippen molar-refractivity contribution >= 4 is 45.1 Å². The molecule has 9 rings (SSSR count). The maximum atomic E-state index is 16.7. The first-order valence-electron chi connectivity index (χ1n) is 21.5. The van der Waals surface area contributed by atoms with E-state index in [-0.39, 0.29) is 75.4 Å². The highest BCUT2D eigenvalue weighted by molar-refractivity contribution is 6.01. The number of halogens is 2. The number of benzene rings is 2. The molecular formula is C45H54F2N6O8. The van der Waals surface area contributed by atoms with Crippen molar-refractivity contribution < 1.29 is 37.7 Å². The van der Waals surface area contributed by atoms with Crippen LogP contribution in [0.5, 0.6) is 11.5 Å². The molecule has 14 nitrogen and oxygen atoms in total. The van der Waals surface area contributed by atoms with E-state index in [2.05, 4.69) is 5.32 Å². The summed E-state index contributed by atoms with van der Waals surface area (Å²) in [6.45, 7) is 11.4. The van der Waals surface area contributed by atoms with Crippen molar-refractivity contribution in [3.05, 3.63) is 65.7 Å². The highest BCUT2D eigenvalue weighted by Crippen LogP contribution is 2.49. The highest BCUT2D eigenvalue weighted by Gasteiger charge is 2.41. The summed E-state index contributed by atoms with van der Waals surface area (Å²) < 4.78 is 54.9. The van der Waals surface area contributed by atoms with Gasteiger partial charge in [0.05, 0.1) is 36.0 Å². The lowest BCUT2D eigenvalue weighted by Gasteiger charge is -2.41. The van der Waals surface area contributed by atoms with E-state index in [1.165, 1.54) is 21.1 Å². The molecule has 2 saturated carbocycles. The van der Waals surface area contributed by atoms with Gasteiger partial charge >= 0.3 is 11.9 Å². The van der Waals surface area contributed by atoms with E-state index in [1.54, 1.807) is 20.8 Å². The fourth-order valence-corrected chi connectivity index (χ4v) is 10.6. The first kappa shape index (κ1) is 41.1. The van der Waals surface area contributed by atoms with Crippen LogP contribution in [0.15, 0.2) is 9.59 Å². The zero-order chi connectivity index (χ0) is 43.3. The van der Waals surface area contributed by atoms with Crippen LogP contribution in [0.2, 0.25) is 0 Å². The summed E-state index contributed by atoms with van der Waals surface area (Å²) in [5.74, 6) is -2.49. The average Bonchev–Trinajstić information content (AvgIpc) is 4.17. The van der Waals surface area contributed by atoms with Gasteiger partial charge in [0.1, 0.15) is 29.2 Å². The van der Waals surface area contributed by atoms with E-state index in [0.29, 0.717) is 72.5 Å². The molecule has 2 aromatic carbocycles. The Morgan fingerprint density at radius 2 is 1.30 bits per heavy atom. The van der Waals surface area contributed by atoms with Crippen molar-refractivity contribution in [2.75, 3.05) is 70.0 Å². The minimum Gasteiger partial charge on any atom is -0.492 e. The normalized spacial score (nSPS) is 22.0. The largest absolute Gasteiger partial charge is 0.492 e. The average molecular weight is 845 g/mol. The Kier molecular flexibility index (Phi) is 10.3. The maximum Gasteiger partial charge on any atom is 0.345 e. The van der Waals surface area contributed by atoms with Crippen molar-refractivity contribution in [3.63, 3.8) is 0 Å². The third-order valence-electron chi connectivity index (χ3n) is 14.0. The van der Waals surface area contributed by atoms with Gasteiger partial charge in [-0.1, -0.05) is 0 Å². The summed E-state index contributed by atoms with van der Waals surface area (Å²) in [5, 5.41) is 13.7. The molecular weight excluding hydrogens is 791 g/mol. The molecule has 2 aromatic heterocycles. The SMILES string of the molecule is COc1c(N2CCN(COC(=O)c3c(C)n(C4CC4)c4c(OC)c(N5CC6CCCNC6C5)c(F)c(C)c4c3=O)C(C)C2)c(F)c(C)c2c(=O)c(C(=O)O)c(C)n(C3CC3)c12. The van der Waals surface area contributed by atoms with Crippen LogP contribution in [-0.4, -0.2) is 103 Å². The number of carbonyl (C=O) groups is 2. The standard InChI is InChI=1S/C45H54F2N6O8/c1-21-17-49(38-34(46)22(2)30-36(42(38)59-6)52(27-10-11-27)24(4)32(40(30)54)44(56)57)15-16-50(21)20-61-45(58)33-25(5)53(28-12-13-28)37-31(41(33)55)23(3)35(47)39(43(37)60-7)51-18-26-9-8-14-48-29(26)19-51/h21,26-29,48H,8-20H2,1-7H3,(H,56,57). The molecule has 2 N–H and O–H groups in total. The number of piperazine rings is 1. The van der Waals surface area contributed by atoms with Crippen molar-refractivity contribution in [3.8, 4) is 11.5 Å². The molecule has 4 aromatic rings. The number of rotatable bonds is 10. The number of esters is 1. The molecule has 0 spiro atoms. The smallest absolute Gasteiger partial charge is 0.345 e. The van der Waals surface area contributed by atoms with E-state index in [4.69, 9.17) is 14.2 Å². The highest BCUT2D eigenvalue weighted by atomic mass is 19.1. The van der Waals surface area contributed by atoms with Gasteiger partial charge in [-0.2, -0.15) is 0 Å². The molecule has 2 aliphatic carbocycles. The number of hydrogen-bond acceptors (Lipinski definition) is 11. The van der Waals surface area contributed by atoms with Crippen LogP contribution in [0.25, 0.3) is 21.8 Å². The minimum atomic E-state index is -1.36. The van der Waals surface area contributed by atoms with Crippen LogP contribution in [0, 0.1) is 45.2 Å². The molecule has 3 saturated heterocycles. The Morgan fingerprint density at radius 3 is 1.80 bits per heavy atom. The molecule has 0 bridgehead atoms. The van der Waals surface area contributed by atoms with Gasteiger partial charge in [-0.25, -0.2) is 18.4 Å². The van der Waals surface area contributed by atoms with Crippen LogP contribution in [-0.2, 0) is 4.74 Å². The van der Waals surface area contributed by atoms with Crippen molar-refractivity contribution in [2.24, 2.45) is 5.92 Å². The summed E-state index contributed by atoms with van der Waals surface area (Å²) in [5.41, 5.74) is 0.533. The third kappa shape index (κ3) is 6.45. The van der Waals surface area contributed by atoms with Crippen molar-refractivity contribution in [2.45, 2.75) is 97.3 Å². The number of fused-ring (bicyclic) bond motifs is 3. The zero-order valence-corrected chi connectivity index (χ0v) is 35.9.